The molecule has 0 radical (unpaired) electrons. The van der Waals surface area contributed by atoms with E-state index in [-0.39, 0.29) is 18.6 Å². The average molecular weight is 468 g/mol. The third-order valence-corrected chi connectivity index (χ3v) is 5.75. The maximum absolute atomic E-state index is 6.44. The van der Waals surface area contributed by atoms with Crippen LogP contribution in [-0.4, -0.2) is 40.8 Å². The van der Waals surface area contributed by atoms with Crippen LogP contribution >= 0.6 is 0 Å². The van der Waals surface area contributed by atoms with Crippen LogP contribution < -0.4 is 33.3 Å². The highest BCUT2D eigenvalue weighted by Gasteiger charge is 2.18. The lowest BCUT2D eigenvalue weighted by Gasteiger charge is -2.26. The van der Waals surface area contributed by atoms with E-state index in [0.29, 0.717) is 23.6 Å². The van der Waals surface area contributed by atoms with E-state index in [1.54, 1.807) is 7.05 Å². The molecule has 3 rings (SSSR count). The predicted octanol–water partition coefficient (Wildman–Crippen LogP) is 1.73. The molecular formula is C24H37N9O. The fourth-order valence-corrected chi connectivity index (χ4v) is 3.86. The fourth-order valence-electron chi connectivity index (χ4n) is 3.86. The van der Waals surface area contributed by atoms with Crippen molar-refractivity contribution < 1.29 is 4.74 Å². The molecule has 0 atom stereocenters. The largest absolute Gasteiger partial charge is 0.489 e. The average Bonchev–Trinajstić information content (AvgIpc) is 2.83. The quantitative estimate of drug-likeness (QED) is 0.160. The molecule has 0 bridgehead atoms. The fraction of sp³-hybridized carbons (Fsp3) is 0.417. The van der Waals surface area contributed by atoms with Gasteiger partial charge in [-0.05, 0) is 50.3 Å². The Labute approximate surface area is 201 Å². The van der Waals surface area contributed by atoms with Gasteiger partial charge in [0.1, 0.15) is 5.75 Å². The number of likely N-dealkylation sites (N-methyl/N-ethyl adjacent to an activating group) is 1. The number of aliphatic imine (C=N–C) groups is 1. The summed E-state index contributed by atoms with van der Waals surface area (Å²) in [5, 5.41) is 2.69. The molecule has 2 aromatic rings. The molecule has 10 heteroatoms. The number of nitrogens with zero attached hydrogens (tertiary/aromatic N) is 4. The lowest BCUT2D eigenvalue weighted by atomic mass is 9.98. The first-order valence-corrected chi connectivity index (χ1v) is 11.6. The number of guanidine groups is 1. The van der Waals surface area contributed by atoms with E-state index in [2.05, 4.69) is 15.4 Å². The van der Waals surface area contributed by atoms with Gasteiger partial charge in [0.15, 0.2) is 0 Å². The molecule has 0 spiro atoms. The standard InChI is InChI=1S/C24H37N9O/c1-17-22(34-19-11-7-4-8-12-19)14-13-20(30-17)23(25)21(32(2)27)16-33(28)31-24(26)29-15-18-9-5-3-6-10-18/h3,5-6,9-10,13-14,19H,4,7-8,11-12,15-16,25,27-28H2,1-2H3,(H3,26,29,31)/b23-21-. The van der Waals surface area contributed by atoms with Gasteiger partial charge in [0.2, 0.25) is 5.96 Å². The second kappa shape index (κ2) is 12.2. The summed E-state index contributed by atoms with van der Waals surface area (Å²) in [5.41, 5.74) is 18.6. The van der Waals surface area contributed by atoms with E-state index in [1.807, 2.05) is 49.4 Å². The summed E-state index contributed by atoms with van der Waals surface area (Å²) in [6.07, 6.45) is 6.13. The minimum absolute atomic E-state index is 0.168. The van der Waals surface area contributed by atoms with Crippen LogP contribution in [0.1, 0.15) is 49.1 Å². The van der Waals surface area contributed by atoms with Crippen molar-refractivity contribution in [3.8, 4) is 5.75 Å². The Kier molecular flexibility index (Phi) is 9.08. The van der Waals surface area contributed by atoms with Crippen molar-refractivity contribution in [2.24, 2.45) is 28.1 Å². The number of aromatic nitrogens is 1. The first-order chi connectivity index (χ1) is 16.3. The smallest absolute Gasteiger partial charge is 0.204 e. The van der Waals surface area contributed by atoms with Gasteiger partial charge in [0, 0.05) is 7.05 Å². The summed E-state index contributed by atoms with van der Waals surface area (Å²) in [4.78, 5) is 8.96. The Morgan fingerprint density at radius 1 is 1.09 bits per heavy atom. The summed E-state index contributed by atoms with van der Waals surface area (Å²) < 4.78 is 6.17. The molecule has 1 aromatic carbocycles. The van der Waals surface area contributed by atoms with Crippen LogP contribution in [0.2, 0.25) is 0 Å². The molecule has 184 valence electrons. The zero-order valence-corrected chi connectivity index (χ0v) is 20.1. The number of hydrogen-bond donors (Lipinski definition) is 5. The maximum atomic E-state index is 6.44. The van der Waals surface area contributed by atoms with Gasteiger partial charge in [0.05, 0.1) is 42.0 Å². The maximum Gasteiger partial charge on any atom is 0.204 e. The lowest BCUT2D eigenvalue weighted by molar-refractivity contribution is 0.153. The first-order valence-electron chi connectivity index (χ1n) is 11.6. The van der Waals surface area contributed by atoms with E-state index < -0.39 is 0 Å². The Morgan fingerprint density at radius 2 is 1.79 bits per heavy atom. The van der Waals surface area contributed by atoms with E-state index >= 15 is 0 Å². The van der Waals surface area contributed by atoms with Gasteiger partial charge >= 0.3 is 0 Å². The summed E-state index contributed by atoms with van der Waals surface area (Å²) in [6, 6.07) is 13.6. The van der Waals surface area contributed by atoms with E-state index in [0.717, 1.165) is 29.8 Å². The van der Waals surface area contributed by atoms with Crippen molar-refractivity contribution in [1.29, 1.82) is 0 Å². The van der Waals surface area contributed by atoms with Crippen LogP contribution in [0, 0.1) is 6.92 Å². The molecule has 9 N–H and O–H groups in total. The summed E-state index contributed by atoms with van der Waals surface area (Å²) in [6.45, 7) is 2.52. The molecule has 0 saturated heterocycles. The van der Waals surface area contributed by atoms with Gasteiger partial charge < -0.3 is 21.2 Å². The molecule has 0 unspecified atom stereocenters. The van der Waals surface area contributed by atoms with Crippen molar-refractivity contribution in [2.75, 3.05) is 13.6 Å². The molecule has 1 aromatic heterocycles. The number of ether oxygens (including phenoxy) is 1. The van der Waals surface area contributed by atoms with Crippen LogP contribution in [0.3, 0.4) is 0 Å². The highest BCUT2D eigenvalue weighted by Crippen LogP contribution is 2.26. The normalized spacial score (nSPS) is 15.7. The van der Waals surface area contributed by atoms with Crippen LogP contribution in [0.15, 0.2) is 53.2 Å². The molecule has 0 amide bonds. The van der Waals surface area contributed by atoms with E-state index in [9.17, 15) is 0 Å². The molecule has 1 saturated carbocycles. The highest BCUT2D eigenvalue weighted by molar-refractivity contribution is 5.77. The number of pyridine rings is 1. The number of hydrazine groups is 3. The molecule has 0 aliphatic heterocycles. The van der Waals surface area contributed by atoms with Crippen molar-refractivity contribution in [3.63, 3.8) is 0 Å². The van der Waals surface area contributed by atoms with Gasteiger partial charge in [-0.2, -0.15) is 5.12 Å². The first kappa shape index (κ1) is 25.3. The summed E-state index contributed by atoms with van der Waals surface area (Å²) >= 11 is 0. The Bertz CT molecular complexity index is 985. The van der Waals surface area contributed by atoms with Crippen molar-refractivity contribution in [2.45, 2.75) is 51.7 Å². The summed E-state index contributed by atoms with van der Waals surface area (Å²) in [7, 11) is 1.69. The minimum atomic E-state index is 0.168. The molecule has 1 fully saturated rings. The predicted molar refractivity (Wildman–Crippen MR) is 135 cm³/mol. The molecular weight excluding hydrogens is 430 g/mol. The number of hydrogen-bond acceptors (Lipinski definition) is 8. The van der Waals surface area contributed by atoms with Crippen molar-refractivity contribution in [1.82, 2.24) is 20.5 Å². The lowest BCUT2D eigenvalue weighted by Crippen LogP contribution is -2.52. The molecule has 34 heavy (non-hydrogen) atoms. The van der Waals surface area contributed by atoms with Gasteiger partial charge in [-0.3, -0.25) is 11.3 Å². The molecule has 1 aliphatic rings. The second-order valence-electron chi connectivity index (χ2n) is 8.56. The van der Waals surface area contributed by atoms with Crippen LogP contribution in [0.5, 0.6) is 5.75 Å². The van der Waals surface area contributed by atoms with E-state index in [4.69, 9.17) is 27.9 Å². The minimum Gasteiger partial charge on any atom is -0.489 e. The van der Waals surface area contributed by atoms with E-state index in [1.165, 1.54) is 29.4 Å². The van der Waals surface area contributed by atoms with Gasteiger partial charge in [-0.15, -0.1) is 0 Å². The zero-order valence-electron chi connectivity index (χ0n) is 20.1. The highest BCUT2D eigenvalue weighted by atomic mass is 16.5. The Balaban J connectivity index is 1.66. The second-order valence-corrected chi connectivity index (χ2v) is 8.56. The Morgan fingerprint density at radius 3 is 2.44 bits per heavy atom. The SMILES string of the molecule is Cc1nc(/C(N)=C(\CN(N)NC(N)=NCc2ccccc2)N(C)N)ccc1OC1CCCCC1. The Hall–Kier alpha value is -3.34. The van der Waals surface area contributed by atoms with Gasteiger partial charge in [-0.1, -0.05) is 36.8 Å². The summed E-state index contributed by atoms with van der Waals surface area (Å²) in [5.74, 6) is 13.1. The molecule has 1 aliphatic carbocycles. The van der Waals surface area contributed by atoms with Gasteiger partial charge in [0.25, 0.3) is 0 Å². The topological polar surface area (TPSA) is 157 Å². The number of benzene rings is 1. The number of nitrogens with two attached hydrogens (primary N) is 4. The zero-order chi connectivity index (χ0) is 24.5. The van der Waals surface area contributed by atoms with Crippen molar-refractivity contribution in [3.05, 3.63) is 65.1 Å². The van der Waals surface area contributed by atoms with Gasteiger partial charge in [-0.25, -0.2) is 15.8 Å². The molecule has 1 heterocycles. The number of rotatable bonds is 9. The monoisotopic (exact) mass is 467 g/mol. The van der Waals surface area contributed by atoms with Crippen LogP contribution in [0.4, 0.5) is 0 Å². The number of aryl methyl sites for hydroxylation is 1. The number of nitrogens with one attached hydrogen (secondary N) is 1. The van der Waals surface area contributed by atoms with Crippen LogP contribution in [-0.2, 0) is 6.54 Å². The third kappa shape index (κ3) is 7.34. The van der Waals surface area contributed by atoms with Crippen molar-refractivity contribution >= 4 is 11.7 Å². The van der Waals surface area contributed by atoms with Crippen LogP contribution in [0.25, 0.3) is 5.70 Å². The third-order valence-electron chi connectivity index (χ3n) is 5.75. The molecule has 10 nitrogen and oxygen atoms in total.